The summed E-state index contributed by atoms with van der Waals surface area (Å²) in [6.07, 6.45) is 3.02. The normalized spacial score (nSPS) is 17.1. The Morgan fingerprint density at radius 1 is 0.919 bits per heavy atom. The van der Waals surface area contributed by atoms with E-state index in [2.05, 4.69) is 15.6 Å². The topological polar surface area (TPSA) is 110 Å². The van der Waals surface area contributed by atoms with Gasteiger partial charge in [-0.15, -0.1) is 0 Å². The smallest absolute Gasteiger partial charge is 0.257 e. The lowest BCUT2D eigenvalue weighted by atomic mass is 9.90. The first-order valence-corrected chi connectivity index (χ1v) is 11.5. The predicted octanol–water partition coefficient (Wildman–Crippen LogP) is 4.48. The fourth-order valence-electron chi connectivity index (χ4n) is 4.10. The van der Waals surface area contributed by atoms with E-state index in [4.69, 9.17) is 9.47 Å². The lowest BCUT2D eigenvalue weighted by Crippen LogP contribution is -2.43. The van der Waals surface area contributed by atoms with Crippen LogP contribution in [-0.2, 0) is 0 Å². The molecule has 0 bridgehead atoms. The molecule has 3 N–H and O–H groups in total. The number of methoxy groups -OCH3 is 1. The maximum Gasteiger partial charge on any atom is 0.257 e. The van der Waals surface area contributed by atoms with E-state index in [1.54, 1.807) is 12.1 Å². The van der Waals surface area contributed by atoms with Gasteiger partial charge in [0.25, 0.3) is 11.8 Å². The van der Waals surface area contributed by atoms with Crippen LogP contribution in [0.2, 0.25) is 0 Å². The first kappa shape index (κ1) is 25.8. The minimum Gasteiger partial charge on any atom is -0.504 e. The van der Waals surface area contributed by atoms with Crippen molar-refractivity contribution in [1.82, 2.24) is 15.6 Å². The summed E-state index contributed by atoms with van der Waals surface area (Å²) in [5.74, 6) is -4.47. The largest absolute Gasteiger partial charge is 0.504 e. The van der Waals surface area contributed by atoms with Gasteiger partial charge in [-0.05, 0) is 56.0 Å². The van der Waals surface area contributed by atoms with Crippen molar-refractivity contribution in [2.24, 2.45) is 0 Å². The average Bonchev–Trinajstić information content (AvgIpc) is 2.88. The maximum atomic E-state index is 13.9. The second-order valence-electron chi connectivity index (χ2n) is 8.54. The zero-order chi connectivity index (χ0) is 26.5. The number of para-hydroxylation sites is 1. The number of phenols is 1. The monoisotopic (exact) mass is 515 g/mol. The molecule has 1 saturated carbocycles. The Bertz CT molecular complexity index is 1310. The van der Waals surface area contributed by atoms with Gasteiger partial charge in [0.05, 0.1) is 18.9 Å². The summed E-state index contributed by atoms with van der Waals surface area (Å²) in [7, 11) is 1.39. The third kappa shape index (κ3) is 6.11. The van der Waals surface area contributed by atoms with Gasteiger partial charge in [0.2, 0.25) is 5.88 Å². The Labute approximate surface area is 210 Å². The van der Waals surface area contributed by atoms with Gasteiger partial charge >= 0.3 is 0 Å². The highest BCUT2D eigenvalue weighted by Crippen LogP contribution is 2.30. The van der Waals surface area contributed by atoms with Gasteiger partial charge in [-0.3, -0.25) is 9.59 Å². The predicted molar refractivity (Wildman–Crippen MR) is 126 cm³/mol. The molecule has 1 fully saturated rings. The minimum absolute atomic E-state index is 0.0990. The molecule has 0 atom stereocenters. The maximum absolute atomic E-state index is 13.9. The van der Waals surface area contributed by atoms with Crippen LogP contribution >= 0.6 is 0 Å². The number of aromatic nitrogens is 1. The Kier molecular flexibility index (Phi) is 7.80. The molecule has 0 spiro atoms. The molecular weight excluding hydrogens is 491 g/mol. The van der Waals surface area contributed by atoms with Gasteiger partial charge in [0.15, 0.2) is 23.1 Å². The Morgan fingerprint density at radius 2 is 1.57 bits per heavy atom. The number of nitrogens with zero attached hydrogens (tertiary/aromatic N) is 1. The number of hydrogen-bond acceptors (Lipinski definition) is 6. The number of hydrogen-bond donors (Lipinski definition) is 3. The zero-order valence-corrected chi connectivity index (χ0v) is 19.8. The first-order chi connectivity index (χ1) is 17.7. The fraction of sp³-hybridized carbons (Fsp3) is 0.269. The molecule has 3 aromatic rings. The van der Waals surface area contributed by atoms with Crippen molar-refractivity contribution in [1.29, 1.82) is 0 Å². The molecule has 2 amide bonds. The van der Waals surface area contributed by atoms with Crippen LogP contribution in [-0.4, -0.2) is 41.1 Å². The zero-order valence-electron chi connectivity index (χ0n) is 19.8. The van der Waals surface area contributed by atoms with Crippen molar-refractivity contribution in [3.8, 4) is 23.1 Å². The minimum atomic E-state index is -1.14. The number of benzene rings is 2. The number of carbonyl (C=O) groups is 2. The highest BCUT2D eigenvalue weighted by molar-refractivity contribution is 5.98. The molecule has 8 nitrogen and oxygen atoms in total. The lowest BCUT2D eigenvalue weighted by molar-refractivity contribution is 0.0888. The van der Waals surface area contributed by atoms with Crippen molar-refractivity contribution in [2.75, 3.05) is 7.11 Å². The van der Waals surface area contributed by atoms with Crippen molar-refractivity contribution in [2.45, 2.75) is 37.8 Å². The summed E-state index contributed by atoms with van der Waals surface area (Å²) in [6.45, 7) is 0. The van der Waals surface area contributed by atoms with Gasteiger partial charge in [-0.1, -0.05) is 6.07 Å². The number of amides is 2. The highest BCUT2D eigenvalue weighted by Gasteiger charge is 2.27. The second kappa shape index (κ2) is 11.2. The number of phenolic OH excluding ortho intramolecular Hbond substituents is 1. The van der Waals surface area contributed by atoms with Gasteiger partial charge in [0.1, 0.15) is 17.1 Å². The van der Waals surface area contributed by atoms with E-state index in [1.165, 1.54) is 13.2 Å². The van der Waals surface area contributed by atoms with Gasteiger partial charge < -0.3 is 25.2 Å². The molecule has 11 heteroatoms. The Morgan fingerprint density at radius 3 is 2.19 bits per heavy atom. The van der Waals surface area contributed by atoms with Gasteiger partial charge in [-0.2, -0.15) is 0 Å². The van der Waals surface area contributed by atoms with E-state index < -0.39 is 29.3 Å². The van der Waals surface area contributed by atoms with Crippen LogP contribution in [0.5, 0.6) is 23.1 Å². The van der Waals surface area contributed by atoms with Crippen molar-refractivity contribution >= 4 is 11.8 Å². The molecule has 1 aromatic heterocycles. The van der Waals surface area contributed by atoms with Crippen LogP contribution in [0.3, 0.4) is 0 Å². The number of nitrogens with one attached hydrogen (secondary N) is 2. The SMILES string of the molecule is COc1cccc(C(=O)NC2CCC(NC(=O)c3cc(F)cnc3Oc3ccc(F)c(F)c3)CC2)c1O. The van der Waals surface area contributed by atoms with E-state index in [9.17, 15) is 27.9 Å². The lowest BCUT2D eigenvalue weighted by Gasteiger charge is -2.30. The van der Waals surface area contributed by atoms with E-state index in [0.29, 0.717) is 25.7 Å². The summed E-state index contributed by atoms with van der Waals surface area (Å²) < 4.78 is 51.0. The highest BCUT2D eigenvalue weighted by atomic mass is 19.2. The average molecular weight is 515 g/mol. The Hall–Kier alpha value is -4.28. The van der Waals surface area contributed by atoms with Crippen LogP contribution in [0, 0.1) is 17.5 Å². The van der Waals surface area contributed by atoms with Crippen molar-refractivity contribution in [3.05, 3.63) is 77.2 Å². The fourth-order valence-corrected chi connectivity index (χ4v) is 4.10. The quantitative estimate of drug-likeness (QED) is 0.428. The van der Waals surface area contributed by atoms with Crippen LogP contribution in [0.4, 0.5) is 13.2 Å². The summed E-state index contributed by atoms with van der Waals surface area (Å²) in [5.41, 5.74) is -0.101. The number of ether oxygens (including phenoxy) is 2. The molecule has 1 heterocycles. The number of carbonyl (C=O) groups excluding carboxylic acids is 2. The number of aromatic hydroxyl groups is 1. The van der Waals surface area contributed by atoms with Gasteiger partial charge in [-0.25, -0.2) is 18.2 Å². The summed E-state index contributed by atoms with van der Waals surface area (Å²) in [4.78, 5) is 29.3. The van der Waals surface area contributed by atoms with Crippen LogP contribution in [0.15, 0.2) is 48.7 Å². The van der Waals surface area contributed by atoms with Gasteiger partial charge in [0, 0.05) is 18.2 Å². The molecule has 0 aliphatic heterocycles. The third-order valence-electron chi connectivity index (χ3n) is 6.03. The molecule has 2 aromatic carbocycles. The summed E-state index contributed by atoms with van der Waals surface area (Å²) in [6, 6.07) is 7.97. The van der Waals surface area contributed by atoms with E-state index >= 15 is 0 Å². The molecule has 1 aliphatic carbocycles. The molecule has 0 radical (unpaired) electrons. The van der Waals surface area contributed by atoms with Crippen molar-refractivity contribution in [3.63, 3.8) is 0 Å². The second-order valence-corrected chi connectivity index (χ2v) is 8.54. The molecule has 194 valence electrons. The number of halogens is 3. The molecule has 0 saturated heterocycles. The third-order valence-corrected chi connectivity index (χ3v) is 6.03. The summed E-state index contributed by atoms with van der Waals surface area (Å²) in [5, 5.41) is 15.9. The number of pyridine rings is 1. The molecular formula is C26H24F3N3O5. The van der Waals surface area contributed by atoms with Crippen LogP contribution in [0.25, 0.3) is 0 Å². The van der Waals surface area contributed by atoms with E-state index in [0.717, 1.165) is 30.5 Å². The standard InChI is InChI=1S/C26H24F3N3O5/c1-36-22-4-2-3-18(23(22)33)24(34)31-15-5-7-16(8-6-15)32-25(35)19-11-14(27)13-30-26(19)37-17-9-10-20(28)21(29)12-17/h2-4,9-13,15-16,33H,5-8H2,1H3,(H,31,34)(H,32,35). The van der Waals surface area contributed by atoms with E-state index in [-0.39, 0.29) is 46.3 Å². The Balaban J connectivity index is 1.36. The molecule has 1 aliphatic rings. The van der Waals surface area contributed by atoms with Crippen molar-refractivity contribution < 1.29 is 37.3 Å². The van der Waals surface area contributed by atoms with E-state index in [1.807, 2.05) is 0 Å². The first-order valence-electron chi connectivity index (χ1n) is 11.5. The summed E-state index contributed by atoms with van der Waals surface area (Å²) >= 11 is 0. The molecule has 4 rings (SSSR count). The molecule has 0 unspecified atom stereocenters. The van der Waals surface area contributed by atoms with Crippen LogP contribution in [0.1, 0.15) is 46.4 Å². The number of rotatable bonds is 7. The van der Waals surface area contributed by atoms with Crippen LogP contribution < -0.4 is 20.1 Å². The molecule has 37 heavy (non-hydrogen) atoms.